The number of amides is 2. The molecule has 34 heavy (non-hydrogen) atoms. The lowest BCUT2D eigenvalue weighted by Crippen LogP contribution is -2.46. The number of rotatable bonds is 11. The molecule has 1 N–H and O–H groups in total. The summed E-state index contributed by atoms with van der Waals surface area (Å²) in [6.45, 7) is 1.84. The highest BCUT2D eigenvalue weighted by atomic mass is 35.5. The number of nitrogens with one attached hydrogen (secondary N) is 1. The zero-order valence-corrected chi connectivity index (χ0v) is 21.9. The van der Waals surface area contributed by atoms with E-state index in [2.05, 4.69) is 5.32 Å². The molecule has 2 amide bonds. The topological polar surface area (TPSA) is 96.0 Å². The first-order valence-electron chi connectivity index (χ1n) is 10.5. The highest BCUT2D eigenvalue weighted by Gasteiger charge is 2.26. The van der Waals surface area contributed by atoms with E-state index in [9.17, 15) is 18.0 Å². The summed E-state index contributed by atoms with van der Waals surface area (Å²) < 4.78 is 31.1. The number of sulfonamides is 1. The zero-order chi connectivity index (χ0) is 25.5. The fourth-order valence-corrected chi connectivity index (χ4v) is 4.82. The van der Waals surface area contributed by atoms with Gasteiger partial charge in [-0.05, 0) is 43.2 Å². The Hall–Kier alpha value is -2.49. The van der Waals surface area contributed by atoms with Crippen LogP contribution in [0.25, 0.3) is 0 Å². The standard InChI is InChI=1S/C23H29Cl2N3O5S/c1-16(23(30)26-2)27(15-17-8-5-6-9-19(17)24)22(29)10-7-13-28(34(4,31)32)18-11-12-21(33-3)20(25)14-18/h5-6,8-9,11-12,14,16H,7,10,13,15H2,1-4H3,(H,26,30)/t16-/m1/s1. The van der Waals surface area contributed by atoms with E-state index in [1.165, 1.54) is 29.4 Å². The second kappa shape index (κ2) is 12.3. The van der Waals surface area contributed by atoms with Crippen LogP contribution in [-0.2, 0) is 26.2 Å². The Morgan fingerprint density at radius 1 is 1.12 bits per heavy atom. The first-order chi connectivity index (χ1) is 16.0. The van der Waals surface area contributed by atoms with Gasteiger partial charge in [-0.15, -0.1) is 0 Å². The van der Waals surface area contributed by atoms with E-state index >= 15 is 0 Å². The van der Waals surface area contributed by atoms with Gasteiger partial charge in [0, 0.05) is 31.6 Å². The Labute approximate surface area is 210 Å². The van der Waals surface area contributed by atoms with Crippen molar-refractivity contribution in [3.8, 4) is 5.75 Å². The fraction of sp³-hybridized carbons (Fsp3) is 0.391. The summed E-state index contributed by atoms with van der Waals surface area (Å²) in [6.07, 6.45) is 1.35. The first kappa shape index (κ1) is 27.8. The second-order valence-electron chi connectivity index (χ2n) is 7.66. The van der Waals surface area contributed by atoms with Crippen LogP contribution in [0.2, 0.25) is 10.0 Å². The van der Waals surface area contributed by atoms with Crippen molar-refractivity contribution >= 4 is 50.7 Å². The maximum absolute atomic E-state index is 13.1. The summed E-state index contributed by atoms with van der Waals surface area (Å²) >= 11 is 12.4. The Morgan fingerprint density at radius 3 is 2.35 bits per heavy atom. The molecule has 2 aromatic carbocycles. The van der Waals surface area contributed by atoms with Gasteiger partial charge in [-0.2, -0.15) is 0 Å². The average molecular weight is 530 g/mol. The molecule has 0 heterocycles. The lowest BCUT2D eigenvalue weighted by molar-refractivity contribution is -0.140. The van der Waals surface area contributed by atoms with Crippen molar-refractivity contribution in [3.05, 3.63) is 58.1 Å². The number of methoxy groups -OCH3 is 1. The minimum Gasteiger partial charge on any atom is -0.495 e. The second-order valence-corrected chi connectivity index (χ2v) is 10.4. The summed E-state index contributed by atoms with van der Waals surface area (Å²) in [4.78, 5) is 26.8. The molecule has 0 saturated carbocycles. The van der Waals surface area contributed by atoms with Gasteiger partial charge in [-0.1, -0.05) is 41.4 Å². The average Bonchev–Trinajstić information content (AvgIpc) is 2.79. The van der Waals surface area contributed by atoms with Gasteiger partial charge in [-0.3, -0.25) is 13.9 Å². The molecule has 0 saturated heterocycles. The number of halogens is 2. The molecule has 11 heteroatoms. The van der Waals surface area contributed by atoms with E-state index < -0.39 is 16.1 Å². The highest BCUT2D eigenvalue weighted by Crippen LogP contribution is 2.30. The monoisotopic (exact) mass is 529 g/mol. The molecule has 0 aliphatic carbocycles. The van der Waals surface area contributed by atoms with Crippen molar-refractivity contribution in [1.82, 2.24) is 10.2 Å². The number of carbonyl (C=O) groups excluding carboxylic acids is 2. The molecule has 2 rings (SSSR count). The van der Waals surface area contributed by atoms with Crippen molar-refractivity contribution in [2.45, 2.75) is 32.4 Å². The quantitative estimate of drug-likeness (QED) is 0.478. The maximum Gasteiger partial charge on any atom is 0.242 e. The lowest BCUT2D eigenvalue weighted by Gasteiger charge is -2.29. The van der Waals surface area contributed by atoms with Crippen LogP contribution >= 0.6 is 23.2 Å². The van der Waals surface area contributed by atoms with Crippen LogP contribution < -0.4 is 14.4 Å². The number of benzene rings is 2. The predicted molar refractivity (Wildman–Crippen MR) is 135 cm³/mol. The van der Waals surface area contributed by atoms with Gasteiger partial charge in [0.25, 0.3) is 0 Å². The molecule has 0 fully saturated rings. The third kappa shape index (κ3) is 7.25. The number of ether oxygens (including phenoxy) is 1. The molecule has 0 spiro atoms. The van der Waals surface area contributed by atoms with Crippen molar-refractivity contribution in [2.75, 3.05) is 31.3 Å². The predicted octanol–water partition coefficient (Wildman–Crippen LogP) is 3.71. The van der Waals surface area contributed by atoms with Crippen LogP contribution in [-0.4, -0.2) is 58.1 Å². The number of hydrogen-bond acceptors (Lipinski definition) is 5. The highest BCUT2D eigenvalue weighted by molar-refractivity contribution is 7.92. The van der Waals surface area contributed by atoms with Gasteiger partial charge >= 0.3 is 0 Å². The van der Waals surface area contributed by atoms with Gasteiger partial charge < -0.3 is 15.0 Å². The number of nitrogens with zero attached hydrogens (tertiary/aromatic N) is 2. The van der Waals surface area contributed by atoms with E-state index in [-0.39, 0.29) is 42.8 Å². The van der Waals surface area contributed by atoms with Crippen LogP contribution in [0.1, 0.15) is 25.3 Å². The Kier molecular flexibility index (Phi) is 10.0. The number of carbonyl (C=O) groups is 2. The van der Waals surface area contributed by atoms with Gasteiger partial charge in [0.1, 0.15) is 11.8 Å². The molecular weight excluding hydrogens is 501 g/mol. The Bertz CT molecular complexity index is 1130. The van der Waals surface area contributed by atoms with Crippen LogP contribution in [0.4, 0.5) is 5.69 Å². The molecule has 0 bridgehead atoms. The van der Waals surface area contributed by atoms with Crippen molar-refractivity contribution in [2.24, 2.45) is 0 Å². The number of likely N-dealkylation sites (N-methyl/N-ethyl adjacent to an activating group) is 1. The van der Waals surface area contributed by atoms with E-state index in [1.54, 1.807) is 43.3 Å². The molecular formula is C23H29Cl2N3O5S. The zero-order valence-electron chi connectivity index (χ0n) is 19.5. The van der Waals surface area contributed by atoms with Crippen molar-refractivity contribution in [3.63, 3.8) is 0 Å². The van der Waals surface area contributed by atoms with E-state index in [0.717, 1.165) is 6.26 Å². The molecule has 1 atom stereocenters. The van der Waals surface area contributed by atoms with Crippen LogP contribution in [0, 0.1) is 0 Å². The lowest BCUT2D eigenvalue weighted by atomic mass is 10.1. The third-order valence-corrected chi connectivity index (χ3v) is 7.15. The first-order valence-corrected chi connectivity index (χ1v) is 13.2. The Balaban J connectivity index is 2.18. The molecule has 8 nitrogen and oxygen atoms in total. The summed E-state index contributed by atoms with van der Waals surface area (Å²) in [5.74, 6) is -0.185. The van der Waals surface area contributed by atoms with E-state index in [0.29, 0.717) is 22.0 Å². The number of anilines is 1. The van der Waals surface area contributed by atoms with Crippen molar-refractivity contribution in [1.29, 1.82) is 0 Å². The molecule has 0 aliphatic rings. The summed E-state index contributed by atoms with van der Waals surface area (Å²) in [6, 6.07) is 11.0. The minimum atomic E-state index is -3.63. The van der Waals surface area contributed by atoms with Crippen LogP contribution in [0.15, 0.2) is 42.5 Å². The normalized spacial score (nSPS) is 12.1. The molecule has 2 aromatic rings. The summed E-state index contributed by atoms with van der Waals surface area (Å²) in [5, 5.41) is 3.32. The van der Waals surface area contributed by atoms with E-state index in [4.69, 9.17) is 27.9 Å². The van der Waals surface area contributed by atoms with E-state index in [1.807, 2.05) is 0 Å². The molecule has 0 aliphatic heterocycles. The van der Waals surface area contributed by atoms with Gasteiger partial charge in [-0.25, -0.2) is 8.42 Å². The van der Waals surface area contributed by atoms with Gasteiger partial charge in [0.05, 0.1) is 24.1 Å². The van der Waals surface area contributed by atoms with Crippen LogP contribution in [0.3, 0.4) is 0 Å². The smallest absolute Gasteiger partial charge is 0.242 e. The molecule has 0 aromatic heterocycles. The fourth-order valence-electron chi connectivity index (χ4n) is 3.42. The summed E-state index contributed by atoms with van der Waals surface area (Å²) in [5.41, 5.74) is 1.08. The molecule has 0 unspecified atom stereocenters. The summed E-state index contributed by atoms with van der Waals surface area (Å²) in [7, 11) is -0.665. The number of hydrogen-bond donors (Lipinski definition) is 1. The third-order valence-electron chi connectivity index (χ3n) is 5.29. The maximum atomic E-state index is 13.1. The molecule has 0 radical (unpaired) electrons. The van der Waals surface area contributed by atoms with Gasteiger partial charge in [0.15, 0.2) is 0 Å². The SMILES string of the molecule is CNC(=O)[C@@H](C)N(Cc1ccccc1Cl)C(=O)CCCN(c1ccc(OC)c(Cl)c1)S(C)(=O)=O. The Morgan fingerprint density at radius 2 is 1.79 bits per heavy atom. The van der Waals surface area contributed by atoms with Crippen molar-refractivity contribution < 1.29 is 22.7 Å². The minimum absolute atomic E-state index is 0.0295. The largest absolute Gasteiger partial charge is 0.495 e. The van der Waals surface area contributed by atoms with Gasteiger partial charge in [0.2, 0.25) is 21.8 Å². The molecule has 186 valence electrons. The van der Waals surface area contributed by atoms with Crippen LogP contribution in [0.5, 0.6) is 5.75 Å².